The zero-order chi connectivity index (χ0) is 20.9. The fourth-order valence-corrected chi connectivity index (χ4v) is 5.06. The topological polar surface area (TPSA) is 45.7 Å². The molecule has 1 aliphatic heterocycles. The van der Waals surface area contributed by atoms with Gasteiger partial charge in [-0.2, -0.15) is 0 Å². The molecule has 1 amide bonds. The third-order valence-electron chi connectivity index (χ3n) is 4.94. The molecule has 1 aromatic carbocycles. The number of thiophene rings is 1. The van der Waals surface area contributed by atoms with Gasteiger partial charge >= 0.3 is 0 Å². The van der Waals surface area contributed by atoms with E-state index in [2.05, 4.69) is 10.3 Å². The van der Waals surface area contributed by atoms with Crippen molar-refractivity contribution < 1.29 is 9.53 Å². The lowest BCUT2D eigenvalue weighted by molar-refractivity contribution is -0.127. The van der Waals surface area contributed by atoms with E-state index >= 15 is 0 Å². The van der Waals surface area contributed by atoms with Gasteiger partial charge in [-0.05, 0) is 42.5 Å². The Hall–Kier alpha value is -2.19. The SMILES string of the molecule is COc1ccc(-c2nc(CN3CCN(C(=O)/C=C/c4ccc(Cl)s4)CC3)cs2)cc1. The molecule has 30 heavy (non-hydrogen) atoms. The second kappa shape index (κ2) is 9.75. The Kier molecular flexibility index (Phi) is 6.84. The number of amides is 1. The molecule has 0 bridgehead atoms. The van der Waals surface area contributed by atoms with Crippen molar-refractivity contribution in [1.82, 2.24) is 14.8 Å². The van der Waals surface area contributed by atoms with Crippen LogP contribution in [0.15, 0.2) is 47.9 Å². The molecule has 3 heterocycles. The molecular weight excluding hydrogens is 438 g/mol. The Morgan fingerprint density at radius 1 is 1.17 bits per heavy atom. The van der Waals surface area contributed by atoms with E-state index in [1.165, 1.54) is 11.3 Å². The standard InChI is InChI=1S/C22H22ClN3O2S2/c1-28-18-4-2-16(3-5-18)22-24-17(15-29-22)14-25-10-12-26(13-11-25)21(27)9-7-19-6-8-20(23)30-19/h2-9,15H,10-14H2,1H3/b9-7+. The van der Waals surface area contributed by atoms with Crippen LogP contribution >= 0.6 is 34.3 Å². The summed E-state index contributed by atoms with van der Waals surface area (Å²) in [7, 11) is 1.67. The first-order valence-electron chi connectivity index (χ1n) is 9.64. The third-order valence-corrected chi connectivity index (χ3v) is 7.08. The quantitative estimate of drug-likeness (QED) is 0.492. The van der Waals surface area contributed by atoms with E-state index in [1.807, 2.05) is 47.4 Å². The third kappa shape index (κ3) is 5.29. The van der Waals surface area contributed by atoms with Gasteiger partial charge in [-0.15, -0.1) is 22.7 Å². The predicted molar refractivity (Wildman–Crippen MR) is 124 cm³/mol. The Morgan fingerprint density at radius 3 is 2.60 bits per heavy atom. The summed E-state index contributed by atoms with van der Waals surface area (Å²) < 4.78 is 5.94. The highest BCUT2D eigenvalue weighted by Gasteiger charge is 2.20. The monoisotopic (exact) mass is 459 g/mol. The highest BCUT2D eigenvalue weighted by Crippen LogP contribution is 2.26. The van der Waals surface area contributed by atoms with Crippen LogP contribution < -0.4 is 4.74 Å². The first kappa shape index (κ1) is 21.1. The number of aromatic nitrogens is 1. The lowest BCUT2D eigenvalue weighted by Gasteiger charge is -2.33. The highest BCUT2D eigenvalue weighted by atomic mass is 35.5. The summed E-state index contributed by atoms with van der Waals surface area (Å²) in [5, 5.41) is 3.13. The van der Waals surface area contributed by atoms with E-state index in [9.17, 15) is 4.79 Å². The molecule has 5 nitrogen and oxygen atoms in total. The summed E-state index contributed by atoms with van der Waals surface area (Å²) in [5.41, 5.74) is 2.17. The summed E-state index contributed by atoms with van der Waals surface area (Å²) >= 11 is 9.05. The number of carbonyl (C=O) groups is 1. The van der Waals surface area contributed by atoms with Crippen molar-refractivity contribution in [3.63, 3.8) is 0 Å². The fourth-order valence-electron chi connectivity index (χ4n) is 3.28. The average molecular weight is 460 g/mol. The number of piperazine rings is 1. The fraction of sp³-hybridized carbons (Fsp3) is 0.273. The van der Waals surface area contributed by atoms with E-state index in [0.717, 1.165) is 64.0 Å². The number of hydrogen-bond acceptors (Lipinski definition) is 6. The van der Waals surface area contributed by atoms with Gasteiger partial charge in [0, 0.05) is 54.6 Å². The molecule has 0 unspecified atom stereocenters. The summed E-state index contributed by atoms with van der Waals surface area (Å²) in [5.74, 6) is 0.895. The summed E-state index contributed by atoms with van der Waals surface area (Å²) in [6.45, 7) is 3.95. The maximum absolute atomic E-state index is 12.4. The number of carbonyl (C=O) groups excluding carboxylic acids is 1. The minimum Gasteiger partial charge on any atom is -0.497 e. The van der Waals surface area contributed by atoms with Gasteiger partial charge in [0.15, 0.2) is 0 Å². The summed E-state index contributed by atoms with van der Waals surface area (Å²) in [4.78, 5) is 22.4. The predicted octanol–water partition coefficient (Wildman–Crippen LogP) is 4.89. The van der Waals surface area contributed by atoms with Crippen molar-refractivity contribution in [3.05, 3.63) is 62.8 Å². The highest BCUT2D eigenvalue weighted by molar-refractivity contribution is 7.17. The molecule has 1 aliphatic rings. The largest absolute Gasteiger partial charge is 0.497 e. The van der Waals surface area contributed by atoms with Crippen LogP contribution in [0.4, 0.5) is 0 Å². The maximum Gasteiger partial charge on any atom is 0.246 e. The van der Waals surface area contributed by atoms with Crippen molar-refractivity contribution in [1.29, 1.82) is 0 Å². The first-order chi connectivity index (χ1) is 14.6. The van der Waals surface area contributed by atoms with Gasteiger partial charge < -0.3 is 9.64 Å². The lowest BCUT2D eigenvalue weighted by Crippen LogP contribution is -2.47. The molecule has 1 fully saturated rings. The summed E-state index contributed by atoms with van der Waals surface area (Å²) in [6.07, 6.45) is 3.47. The van der Waals surface area contributed by atoms with Gasteiger partial charge in [-0.1, -0.05) is 11.6 Å². The Balaban J connectivity index is 1.28. The molecule has 0 spiro atoms. The molecule has 156 valence electrons. The Morgan fingerprint density at radius 2 is 1.93 bits per heavy atom. The van der Waals surface area contributed by atoms with Gasteiger partial charge in [0.25, 0.3) is 0 Å². The molecule has 0 saturated carbocycles. The van der Waals surface area contributed by atoms with Crippen molar-refractivity contribution in [2.75, 3.05) is 33.3 Å². The van der Waals surface area contributed by atoms with Crippen molar-refractivity contribution in [2.24, 2.45) is 0 Å². The smallest absolute Gasteiger partial charge is 0.246 e. The van der Waals surface area contributed by atoms with Gasteiger partial charge in [-0.25, -0.2) is 4.98 Å². The lowest BCUT2D eigenvalue weighted by atomic mass is 10.2. The molecule has 4 rings (SSSR count). The molecule has 0 aliphatic carbocycles. The summed E-state index contributed by atoms with van der Waals surface area (Å²) in [6, 6.07) is 11.7. The van der Waals surface area contributed by atoms with Crippen molar-refractivity contribution in [2.45, 2.75) is 6.54 Å². The van der Waals surface area contributed by atoms with Crippen LogP contribution in [0.5, 0.6) is 5.75 Å². The van der Waals surface area contributed by atoms with Crippen molar-refractivity contribution in [3.8, 4) is 16.3 Å². The van der Waals surface area contributed by atoms with Crippen LogP contribution in [-0.4, -0.2) is 54.0 Å². The molecule has 0 radical (unpaired) electrons. The second-order valence-corrected chi connectivity index (χ2v) is 9.55. The van der Waals surface area contributed by atoms with Gasteiger partial charge in [0.1, 0.15) is 10.8 Å². The molecule has 3 aromatic rings. The van der Waals surface area contributed by atoms with E-state index in [4.69, 9.17) is 21.3 Å². The van der Waals surface area contributed by atoms with Crippen LogP contribution in [0.1, 0.15) is 10.6 Å². The molecule has 0 atom stereocenters. The van der Waals surface area contributed by atoms with Crippen LogP contribution in [0.25, 0.3) is 16.6 Å². The maximum atomic E-state index is 12.4. The molecule has 2 aromatic heterocycles. The minimum atomic E-state index is 0.0506. The number of methoxy groups -OCH3 is 1. The number of thiazole rings is 1. The number of halogens is 1. The molecule has 8 heteroatoms. The average Bonchev–Trinajstić information content (AvgIpc) is 3.41. The van der Waals surface area contributed by atoms with E-state index < -0.39 is 0 Å². The van der Waals surface area contributed by atoms with Crippen LogP contribution in [0.3, 0.4) is 0 Å². The second-order valence-electron chi connectivity index (χ2n) is 6.95. The Labute approximate surface area is 189 Å². The Bertz CT molecular complexity index is 1020. The van der Waals surface area contributed by atoms with Crippen molar-refractivity contribution >= 4 is 46.3 Å². The minimum absolute atomic E-state index is 0.0506. The normalized spacial score (nSPS) is 15.1. The number of ether oxygens (including phenoxy) is 1. The molecule has 1 saturated heterocycles. The van der Waals surface area contributed by atoms with Crippen LogP contribution in [-0.2, 0) is 11.3 Å². The molecular formula is C22H22ClN3O2S2. The number of benzene rings is 1. The number of rotatable bonds is 6. The van der Waals surface area contributed by atoms with E-state index in [1.54, 1.807) is 24.5 Å². The van der Waals surface area contributed by atoms with Gasteiger partial charge in [0.2, 0.25) is 5.91 Å². The van der Waals surface area contributed by atoms with Crippen LogP contribution in [0.2, 0.25) is 4.34 Å². The van der Waals surface area contributed by atoms with Crippen LogP contribution in [0, 0.1) is 0 Å². The molecule has 0 N–H and O–H groups in total. The van der Waals surface area contributed by atoms with E-state index in [0.29, 0.717) is 0 Å². The van der Waals surface area contributed by atoms with E-state index in [-0.39, 0.29) is 5.91 Å². The first-order valence-corrected chi connectivity index (χ1v) is 11.7. The number of nitrogens with zero attached hydrogens (tertiary/aromatic N) is 3. The van der Waals surface area contributed by atoms with Gasteiger partial charge in [-0.3, -0.25) is 9.69 Å². The number of hydrogen-bond donors (Lipinski definition) is 0. The van der Waals surface area contributed by atoms with Gasteiger partial charge in [0.05, 0.1) is 17.1 Å². The zero-order valence-corrected chi connectivity index (χ0v) is 19.0. The zero-order valence-electron chi connectivity index (χ0n) is 16.6.